The van der Waals surface area contributed by atoms with Gasteiger partial charge >= 0.3 is 0 Å². The van der Waals surface area contributed by atoms with Crippen molar-refractivity contribution in [3.63, 3.8) is 0 Å². The topological polar surface area (TPSA) is 78.3 Å². The van der Waals surface area contributed by atoms with Gasteiger partial charge in [0.15, 0.2) is 6.29 Å². The molecular formula is C8H10N2O2. The number of anilines is 2. The van der Waals surface area contributed by atoms with E-state index in [9.17, 15) is 4.79 Å². The Morgan fingerprint density at radius 1 is 1.42 bits per heavy atom. The zero-order valence-corrected chi connectivity index (χ0v) is 6.49. The SMILES string of the molecule is Nc1cccc(OCC=O)c1N. The fourth-order valence-electron chi connectivity index (χ4n) is 0.811. The summed E-state index contributed by atoms with van der Waals surface area (Å²) in [6.07, 6.45) is 0.655. The highest BCUT2D eigenvalue weighted by atomic mass is 16.5. The maximum Gasteiger partial charge on any atom is 0.157 e. The van der Waals surface area contributed by atoms with Gasteiger partial charge in [-0.1, -0.05) is 6.07 Å². The zero-order chi connectivity index (χ0) is 8.97. The molecule has 64 valence electrons. The lowest BCUT2D eigenvalue weighted by Gasteiger charge is -2.06. The van der Waals surface area contributed by atoms with Crippen LogP contribution < -0.4 is 16.2 Å². The first-order valence-electron chi connectivity index (χ1n) is 3.46. The maximum atomic E-state index is 9.98. The number of nitrogens with two attached hydrogens (primary N) is 2. The molecule has 0 saturated carbocycles. The van der Waals surface area contributed by atoms with E-state index >= 15 is 0 Å². The lowest BCUT2D eigenvalue weighted by molar-refractivity contribution is -0.109. The summed E-state index contributed by atoms with van der Waals surface area (Å²) in [4.78, 5) is 9.98. The summed E-state index contributed by atoms with van der Waals surface area (Å²) >= 11 is 0. The molecule has 1 aromatic carbocycles. The van der Waals surface area contributed by atoms with Crippen molar-refractivity contribution < 1.29 is 9.53 Å². The van der Waals surface area contributed by atoms with Gasteiger partial charge in [-0.2, -0.15) is 0 Å². The van der Waals surface area contributed by atoms with Crippen molar-refractivity contribution in [1.29, 1.82) is 0 Å². The second-order valence-corrected chi connectivity index (χ2v) is 2.24. The molecule has 0 fully saturated rings. The molecule has 0 unspecified atom stereocenters. The van der Waals surface area contributed by atoms with Gasteiger partial charge in [0.25, 0.3) is 0 Å². The highest BCUT2D eigenvalue weighted by molar-refractivity contribution is 5.70. The Balaban J connectivity index is 2.84. The van der Waals surface area contributed by atoms with Crippen LogP contribution in [-0.2, 0) is 4.79 Å². The third-order valence-corrected chi connectivity index (χ3v) is 1.41. The minimum Gasteiger partial charge on any atom is -0.484 e. The van der Waals surface area contributed by atoms with Gasteiger partial charge in [0, 0.05) is 0 Å². The normalized spacial score (nSPS) is 9.33. The number of rotatable bonds is 3. The molecule has 0 amide bonds. The number of ether oxygens (including phenoxy) is 1. The zero-order valence-electron chi connectivity index (χ0n) is 6.49. The Kier molecular flexibility index (Phi) is 2.53. The van der Waals surface area contributed by atoms with Crippen LogP contribution in [-0.4, -0.2) is 12.9 Å². The van der Waals surface area contributed by atoms with Crippen LogP contribution in [0.3, 0.4) is 0 Å². The fourth-order valence-corrected chi connectivity index (χ4v) is 0.811. The predicted octanol–water partition coefficient (Wildman–Crippen LogP) is 0.429. The van der Waals surface area contributed by atoms with E-state index in [1.165, 1.54) is 0 Å². The van der Waals surface area contributed by atoms with Crippen molar-refractivity contribution in [3.05, 3.63) is 18.2 Å². The predicted molar refractivity (Wildman–Crippen MR) is 46.8 cm³/mol. The second kappa shape index (κ2) is 3.61. The van der Waals surface area contributed by atoms with Gasteiger partial charge < -0.3 is 16.2 Å². The van der Waals surface area contributed by atoms with E-state index in [1.807, 2.05) is 0 Å². The van der Waals surface area contributed by atoms with E-state index in [-0.39, 0.29) is 6.61 Å². The molecule has 1 rings (SSSR count). The molecule has 4 N–H and O–H groups in total. The van der Waals surface area contributed by atoms with Crippen LogP contribution in [0.1, 0.15) is 0 Å². The lowest BCUT2D eigenvalue weighted by Crippen LogP contribution is -2.02. The van der Waals surface area contributed by atoms with Crippen molar-refractivity contribution in [3.8, 4) is 5.75 Å². The molecule has 0 bridgehead atoms. The molecule has 0 saturated heterocycles. The van der Waals surface area contributed by atoms with Crippen LogP contribution in [0.25, 0.3) is 0 Å². The Bertz CT molecular complexity index is 286. The summed E-state index contributed by atoms with van der Waals surface area (Å²) in [5.41, 5.74) is 11.9. The lowest BCUT2D eigenvalue weighted by atomic mass is 10.2. The highest BCUT2D eigenvalue weighted by Gasteiger charge is 2.01. The van der Waals surface area contributed by atoms with Crippen molar-refractivity contribution >= 4 is 17.7 Å². The summed E-state index contributed by atoms with van der Waals surface area (Å²) < 4.78 is 4.99. The number of carbonyl (C=O) groups excluding carboxylic acids is 1. The van der Waals surface area contributed by atoms with Crippen molar-refractivity contribution in [2.45, 2.75) is 0 Å². The third kappa shape index (κ3) is 1.66. The number of hydrogen-bond donors (Lipinski definition) is 2. The van der Waals surface area contributed by atoms with Crippen LogP contribution in [0.5, 0.6) is 5.75 Å². The van der Waals surface area contributed by atoms with E-state index in [4.69, 9.17) is 16.2 Å². The minimum absolute atomic E-state index is 0.00630. The molecule has 0 radical (unpaired) electrons. The smallest absolute Gasteiger partial charge is 0.157 e. The Morgan fingerprint density at radius 2 is 2.17 bits per heavy atom. The van der Waals surface area contributed by atoms with Gasteiger partial charge in [-0.05, 0) is 12.1 Å². The summed E-state index contributed by atoms with van der Waals surface area (Å²) in [7, 11) is 0. The Hall–Kier alpha value is -1.71. The number of benzene rings is 1. The summed E-state index contributed by atoms with van der Waals surface area (Å²) in [5, 5.41) is 0. The molecule has 12 heavy (non-hydrogen) atoms. The summed E-state index contributed by atoms with van der Waals surface area (Å²) in [5.74, 6) is 0.446. The molecule has 4 heteroatoms. The van der Waals surface area contributed by atoms with Crippen molar-refractivity contribution in [1.82, 2.24) is 0 Å². The second-order valence-electron chi connectivity index (χ2n) is 2.24. The monoisotopic (exact) mass is 166 g/mol. The van der Waals surface area contributed by atoms with Gasteiger partial charge in [-0.15, -0.1) is 0 Å². The van der Waals surface area contributed by atoms with Gasteiger partial charge in [0.1, 0.15) is 12.4 Å². The molecule has 4 nitrogen and oxygen atoms in total. The average molecular weight is 166 g/mol. The quantitative estimate of drug-likeness (QED) is 0.504. The van der Waals surface area contributed by atoms with Crippen LogP contribution >= 0.6 is 0 Å². The van der Waals surface area contributed by atoms with E-state index < -0.39 is 0 Å². The minimum atomic E-state index is -0.00630. The number of carbonyl (C=O) groups is 1. The van der Waals surface area contributed by atoms with Gasteiger partial charge in [-0.25, -0.2) is 0 Å². The van der Waals surface area contributed by atoms with E-state index in [0.29, 0.717) is 23.4 Å². The third-order valence-electron chi connectivity index (χ3n) is 1.41. The average Bonchev–Trinajstić information content (AvgIpc) is 2.08. The first kappa shape index (κ1) is 8.39. The largest absolute Gasteiger partial charge is 0.484 e. The molecule has 0 atom stereocenters. The first-order chi connectivity index (χ1) is 5.75. The molecule has 0 spiro atoms. The standard InChI is InChI=1S/C8H10N2O2/c9-6-2-1-3-7(8(6)10)12-5-4-11/h1-4H,5,9-10H2. The van der Waals surface area contributed by atoms with Crippen LogP contribution in [0.2, 0.25) is 0 Å². The van der Waals surface area contributed by atoms with Crippen LogP contribution in [0, 0.1) is 0 Å². The van der Waals surface area contributed by atoms with Crippen molar-refractivity contribution in [2.75, 3.05) is 18.1 Å². The highest BCUT2D eigenvalue weighted by Crippen LogP contribution is 2.26. The van der Waals surface area contributed by atoms with E-state index in [0.717, 1.165) is 0 Å². The number of aldehydes is 1. The molecule has 0 heterocycles. The van der Waals surface area contributed by atoms with Crippen LogP contribution in [0.15, 0.2) is 18.2 Å². The molecule has 0 aliphatic carbocycles. The van der Waals surface area contributed by atoms with Gasteiger partial charge in [-0.3, -0.25) is 4.79 Å². The van der Waals surface area contributed by atoms with E-state index in [2.05, 4.69) is 0 Å². The molecule has 0 aliphatic rings. The number of para-hydroxylation sites is 1. The summed E-state index contributed by atoms with van der Waals surface area (Å²) in [6.45, 7) is -0.00630. The van der Waals surface area contributed by atoms with E-state index in [1.54, 1.807) is 18.2 Å². The molecule has 0 aliphatic heterocycles. The van der Waals surface area contributed by atoms with Gasteiger partial charge in [0.05, 0.1) is 11.4 Å². The summed E-state index contributed by atoms with van der Waals surface area (Å²) in [6, 6.07) is 5.05. The number of hydrogen-bond acceptors (Lipinski definition) is 4. The molecular weight excluding hydrogens is 156 g/mol. The first-order valence-corrected chi connectivity index (χ1v) is 3.46. The molecule has 0 aromatic heterocycles. The molecule has 1 aromatic rings. The maximum absolute atomic E-state index is 9.98. The van der Waals surface area contributed by atoms with Crippen molar-refractivity contribution in [2.24, 2.45) is 0 Å². The van der Waals surface area contributed by atoms with Crippen LogP contribution in [0.4, 0.5) is 11.4 Å². The fraction of sp³-hybridized carbons (Fsp3) is 0.125. The Morgan fingerprint density at radius 3 is 2.83 bits per heavy atom. The number of nitrogen functional groups attached to an aromatic ring is 2. The Labute approximate surface area is 70.1 Å². The van der Waals surface area contributed by atoms with Gasteiger partial charge in [0.2, 0.25) is 0 Å².